The first-order chi connectivity index (χ1) is 11.6. The van der Waals surface area contributed by atoms with Gasteiger partial charge in [-0.1, -0.05) is 30.3 Å². The summed E-state index contributed by atoms with van der Waals surface area (Å²) < 4.78 is 5.72. The second kappa shape index (κ2) is 7.63. The molecule has 2 aromatic rings. The highest BCUT2D eigenvalue weighted by Crippen LogP contribution is 2.49. The van der Waals surface area contributed by atoms with Crippen LogP contribution in [0.1, 0.15) is 34.7 Å². The summed E-state index contributed by atoms with van der Waals surface area (Å²) in [5.74, 6) is 1.61. The van der Waals surface area contributed by atoms with E-state index in [9.17, 15) is 4.79 Å². The minimum absolute atomic E-state index is 0.138. The minimum atomic E-state index is 0.138. The van der Waals surface area contributed by atoms with Crippen LogP contribution in [0.5, 0.6) is 5.75 Å². The number of hydrogen-bond donors (Lipinski definition) is 0. The standard InChI is InChI=1S/C21H25NO2/c1-22(2)13-6-14-24-18-11-9-17(10-12-18)21(23)20-15-19(20)16-7-4-3-5-8-16/h3-5,7-12,19-20H,6,13-15H2,1-2H3. The van der Waals surface area contributed by atoms with Crippen molar-refractivity contribution >= 4 is 5.78 Å². The Bertz CT molecular complexity index is 664. The van der Waals surface area contributed by atoms with Crippen LogP contribution in [0.25, 0.3) is 0 Å². The average molecular weight is 323 g/mol. The zero-order chi connectivity index (χ0) is 16.9. The third-order valence-electron chi connectivity index (χ3n) is 4.51. The van der Waals surface area contributed by atoms with Gasteiger partial charge in [-0.15, -0.1) is 0 Å². The molecule has 3 rings (SSSR count). The second-order valence-electron chi connectivity index (χ2n) is 6.75. The predicted octanol–water partition coefficient (Wildman–Crippen LogP) is 4.00. The van der Waals surface area contributed by atoms with Gasteiger partial charge in [0.2, 0.25) is 0 Å². The first-order valence-electron chi connectivity index (χ1n) is 8.62. The van der Waals surface area contributed by atoms with E-state index in [-0.39, 0.29) is 11.7 Å². The molecule has 1 saturated carbocycles. The molecule has 2 aromatic carbocycles. The highest BCUT2D eigenvalue weighted by atomic mass is 16.5. The summed E-state index contributed by atoms with van der Waals surface area (Å²) in [7, 11) is 4.11. The zero-order valence-corrected chi connectivity index (χ0v) is 14.4. The molecule has 2 unspecified atom stereocenters. The Morgan fingerprint density at radius 1 is 1.08 bits per heavy atom. The molecular formula is C21H25NO2. The molecule has 0 saturated heterocycles. The van der Waals surface area contributed by atoms with Crippen LogP contribution in [0.3, 0.4) is 0 Å². The van der Waals surface area contributed by atoms with E-state index in [1.54, 1.807) is 0 Å². The Hall–Kier alpha value is -2.13. The van der Waals surface area contributed by atoms with Crippen molar-refractivity contribution in [3.8, 4) is 5.75 Å². The number of carbonyl (C=O) groups is 1. The molecule has 3 heteroatoms. The van der Waals surface area contributed by atoms with Crippen molar-refractivity contribution in [3.63, 3.8) is 0 Å². The Kier molecular flexibility index (Phi) is 5.31. The van der Waals surface area contributed by atoms with Crippen LogP contribution in [0.2, 0.25) is 0 Å². The third-order valence-corrected chi connectivity index (χ3v) is 4.51. The molecule has 1 aliphatic carbocycles. The van der Waals surface area contributed by atoms with Crippen molar-refractivity contribution in [2.45, 2.75) is 18.8 Å². The molecule has 24 heavy (non-hydrogen) atoms. The van der Waals surface area contributed by atoms with E-state index in [1.807, 2.05) is 42.5 Å². The molecule has 0 radical (unpaired) electrons. The molecule has 3 nitrogen and oxygen atoms in total. The fraction of sp³-hybridized carbons (Fsp3) is 0.381. The Morgan fingerprint density at radius 2 is 1.79 bits per heavy atom. The van der Waals surface area contributed by atoms with E-state index >= 15 is 0 Å². The summed E-state index contributed by atoms with van der Waals surface area (Å²) in [6.45, 7) is 1.71. The number of Topliss-reactive ketones (excluding diaryl/α,β-unsaturated/α-hetero) is 1. The summed E-state index contributed by atoms with van der Waals surface area (Å²) in [4.78, 5) is 14.7. The predicted molar refractivity (Wildman–Crippen MR) is 96.7 cm³/mol. The number of ketones is 1. The first kappa shape index (κ1) is 16.7. The van der Waals surface area contributed by atoms with Gasteiger partial charge in [0.05, 0.1) is 6.61 Å². The van der Waals surface area contributed by atoms with E-state index in [4.69, 9.17) is 4.74 Å². The van der Waals surface area contributed by atoms with Gasteiger partial charge < -0.3 is 9.64 Å². The Balaban J connectivity index is 1.52. The molecule has 0 aromatic heterocycles. The van der Waals surface area contributed by atoms with Gasteiger partial charge in [0.25, 0.3) is 0 Å². The molecule has 126 valence electrons. The fourth-order valence-corrected chi connectivity index (χ4v) is 3.05. The lowest BCUT2D eigenvalue weighted by atomic mass is 10.0. The molecule has 0 aliphatic heterocycles. The van der Waals surface area contributed by atoms with Crippen molar-refractivity contribution in [1.82, 2.24) is 4.90 Å². The smallest absolute Gasteiger partial charge is 0.166 e. The lowest BCUT2D eigenvalue weighted by Crippen LogP contribution is -2.15. The largest absolute Gasteiger partial charge is 0.494 e. The highest BCUT2D eigenvalue weighted by molar-refractivity contribution is 6.00. The molecule has 0 N–H and O–H groups in total. The Morgan fingerprint density at radius 3 is 2.46 bits per heavy atom. The maximum Gasteiger partial charge on any atom is 0.166 e. The number of hydrogen-bond acceptors (Lipinski definition) is 3. The number of ether oxygens (including phenoxy) is 1. The summed E-state index contributed by atoms with van der Waals surface area (Å²) >= 11 is 0. The molecular weight excluding hydrogens is 298 g/mol. The maximum atomic E-state index is 12.6. The highest BCUT2D eigenvalue weighted by Gasteiger charge is 2.43. The van der Waals surface area contributed by atoms with Crippen LogP contribution in [0.4, 0.5) is 0 Å². The van der Waals surface area contributed by atoms with Crippen LogP contribution in [-0.2, 0) is 0 Å². The van der Waals surface area contributed by atoms with Crippen LogP contribution >= 0.6 is 0 Å². The van der Waals surface area contributed by atoms with Crippen LogP contribution in [0, 0.1) is 5.92 Å². The van der Waals surface area contributed by atoms with Crippen molar-refractivity contribution in [1.29, 1.82) is 0 Å². The van der Waals surface area contributed by atoms with E-state index in [0.717, 1.165) is 30.7 Å². The van der Waals surface area contributed by atoms with Crippen molar-refractivity contribution < 1.29 is 9.53 Å². The minimum Gasteiger partial charge on any atom is -0.494 e. The first-order valence-corrected chi connectivity index (χ1v) is 8.62. The van der Waals surface area contributed by atoms with Crippen molar-refractivity contribution in [3.05, 3.63) is 65.7 Å². The number of carbonyl (C=O) groups excluding carboxylic acids is 1. The number of rotatable bonds is 8. The molecule has 1 fully saturated rings. The van der Waals surface area contributed by atoms with Gasteiger partial charge in [0, 0.05) is 18.0 Å². The van der Waals surface area contributed by atoms with Gasteiger partial charge in [-0.05, 0) is 62.7 Å². The van der Waals surface area contributed by atoms with Gasteiger partial charge in [0.1, 0.15) is 5.75 Å². The molecule has 2 atom stereocenters. The van der Waals surface area contributed by atoms with E-state index in [0.29, 0.717) is 12.5 Å². The average Bonchev–Trinajstić information content (AvgIpc) is 3.40. The topological polar surface area (TPSA) is 29.5 Å². The Labute approximate surface area is 144 Å². The second-order valence-corrected chi connectivity index (χ2v) is 6.75. The van der Waals surface area contributed by atoms with Gasteiger partial charge in [-0.25, -0.2) is 0 Å². The van der Waals surface area contributed by atoms with E-state index in [2.05, 4.69) is 31.1 Å². The molecule has 0 bridgehead atoms. The summed E-state index contributed by atoms with van der Waals surface area (Å²) in [6.07, 6.45) is 1.96. The van der Waals surface area contributed by atoms with Crippen LogP contribution < -0.4 is 4.74 Å². The van der Waals surface area contributed by atoms with Gasteiger partial charge in [-0.2, -0.15) is 0 Å². The lowest BCUT2D eigenvalue weighted by molar-refractivity contribution is 0.0965. The zero-order valence-electron chi connectivity index (χ0n) is 14.4. The summed E-state index contributed by atoms with van der Waals surface area (Å²) in [5.41, 5.74) is 2.07. The van der Waals surface area contributed by atoms with Crippen LogP contribution in [0.15, 0.2) is 54.6 Å². The normalized spacial score (nSPS) is 19.3. The molecule has 0 heterocycles. The molecule has 0 spiro atoms. The number of benzene rings is 2. The third kappa shape index (κ3) is 4.24. The summed E-state index contributed by atoms with van der Waals surface area (Å²) in [5, 5.41) is 0. The molecule has 0 amide bonds. The molecule has 1 aliphatic rings. The van der Waals surface area contributed by atoms with Crippen molar-refractivity contribution in [2.24, 2.45) is 5.92 Å². The lowest BCUT2D eigenvalue weighted by Gasteiger charge is -2.10. The van der Waals surface area contributed by atoms with E-state index in [1.165, 1.54) is 5.56 Å². The van der Waals surface area contributed by atoms with Gasteiger partial charge in [0.15, 0.2) is 5.78 Å². The van der Waals surface area contributed by atoms with Crippen molar-refractivity contribution in [2.75, 3.05) is 27.2 Å². The maximum absolute atomic E-state index is 12.6. The fourth-order valence-electron chi connectivity index (χ4n) is 3.05. The quantitative estimate of drug-likeness (QED) is 0.543. The number of nitrogens with zero attached hydrogens (tertiary/aromatic N) is 1. The van der Waals surface area contributed by atoms with Gasteiger partial charge >= 0.3 is 0 Å². The summed E-state index contributed by atoms with van der Waals surface area (Å²) in [6, 6.07) is 17.9. The van der Waals surface area contributed by atoms with Crippen LogP contribution in [-0.4, -0.2) is 37.9 Å². The van der Waals surface area contributed by atoms with Gasteiger partial charge in [-0.3, -0.25) is 4.79 Å². The van der Waals surface area contributed by atoms with E-state index < -0.39 is 0 Å². The SMILES string of the molecule is CN(C)CCCOc1ccc(C(=O)C2CC2c2ccccc2)cc1. The monoisotopic (exact) mass is 323 g/mol.